The van der Waals surface area contributed by atoms with Crippen molar-refractivity contribution in [2.75, 3.05) is 41.3 Å². The summed E-state index contributed by atoms with van der Waals surface area (Å²) < 4.78 is 0. The molecular weight excluding hydrogens is 204 g/mol. The van der Waals surface area contributed by atoms with Gasteiger partial charge in [0.2, 0.25) is 0 Å². The van der Waals surface area contributed by atoms with E-state index in [9.17, 15) is 0 Å². The number of nitrogens with zero attached hydrogens (tertiary/aromatic N) is 2. The van der Waals surface area contributed by atoms with Crippen molar-refractivity contribution in [3.8, 4) is 0 Å². The molecule has 0 amide bonds. The number of hydrogen-bond acceptors (Lipinski definition) is 4. The Labute approximate surface area is 100 Å². The summed E-state index contributed by atoms with van der Waals surface area (Å²) >= 11 is 0. The minimum absolute atomic E-state index is 0.159. The van der Waals surface area contributed by atoms with E-state index in [0.717, 1.165) is 25.9 Å². The van der Waals surface area contributed by atoms with Crippen LogP contribution >= 0.6 is 0 Å². The van der Waals surface area contributed by atoms with Crippen molar-refractivity contribution in [3.63, 3.8) is 0 Å². The molecule has 0 N–H and O–H groups in total. The summed E-state index contributed by atoms with van der Waals surface area (Å²) in [7, 11) is 8.18. The van der Waals surface area contributed by atoms with Gasteiger partial charge in [0, 0.05) is 13.1 Å². The maximum atomic E-state index is 5.49. The smallest absolute Gasteiger partial charge is 0.105 e. The van der Waals surface area contributed by atoms with Gasteiger partial charge in [0.25, 0.3) is 0 Å². The van der Waals surface area contributed by atoms with Crippen LogP contribution in [0.5, 0.6) is 0 Å². The van der Waals surface area contributed by atoms with E-state index in [0.29, 0.717) is 0 Å². The molecule has 0 aromatic rings. The Balaban J connectivity index is 3.87. The van der Waals surface area contributed by atoms with Crippen LogP contribution in [0.2, 0.25) is 0 Å². The Morgan fingerprint density at radius 2 is 1.06 bits per heavy atom. The fourth-order valence-corrected chi connectivity index (χ4v) is 1.43. The van der Waals surface area contributed by atoms with Gasteiger partial charge in [-0.1, -0.05) is 13.8 Å². The minimum atomic E-state index is 0.159. The molecule has 4 nitrogen and oxygen atoms in total. The fraction of sp³-hybridized carbons (Fsp3) is 1.00. The predicted molar refractivity (Wildman–Crippen MR) is 67.4 cm³/mol. The summed E-state index contributed by atoms with van der Waals surface area (Å²) in [5.41, 5.74) is 0. The van der Waals surface area contributed by atoms with Gasteiger partial charge >= 0.3 is 0 Å². The van der Waals surface area contributed by atoms with Gasteiger partial charge in [-0.2, -0.15) is 0 Å². The van der Waals surface area contributed by atoms with Crippen LogP contribution in [-0.4, -0.2) is 63.3 Å². The maximum absolute atomic E-state index is 5.49. The summed E-state index contributed by atoms with van der Waals surface area (Å²) in [5.74, 6) is 0. The van der Waals surface area contributed by atoms with Gasteiger partial charge in [-0.05, 0) is 41.0 Å². The minimum Gasteiger partial charge on any atom is -0.307 e. The normalized spacial score (nSPS) is 15.8. The molecule has 4 heteroatoms. The van der Waals surface area contributed by atoms with Crippen molar-refractivity contribution < 1.29 is 9.78 Å². The number of rotatable bonds is 9. The quantitative estimate of drug-likeness (QED) is 0.445. The summed E-state index contributed by atoms with van der Waals surface area (Å²) in [6, 6.07) is 0. The zero-order chi connectivity index (χ0) is 12.6. The number of likely N-dealkylation sites (N-methyl/N-ethyl adjacent to an activating group) is 2. The van der Waals surface area contributed by atoms with Crippen LogP contribution in [0.1, 0.15) is 26.7 Å². The summed E-state index contributed by atoms with van der Waals surface area (Å²) in [5, 5.41) is 0. The first kappa shape index (κ1) is 15.8. The Kier molecular flexibility index (Phi) is 8.84. The lowest BCUT2D eigenvalue weighted by atomic mass is 10.2. The Hall–Kier alpha value is -0.160. The van der Waals surface area contributed by atoms with Gasteiger partial charge in [-0.3, -0.25) is 0 Å². The Bertz CT molecular complexity index is 145. The molecule has 0 aromatic carbocycles. The Morgan fingerprint density at radius 1 is 0.750 bits per heavy atom. The third-order valence-corrected chi connectivity index (χ3v) is 2.38. The lowest BCUT2D eigenvalue weighted by molar-refractivity contribution is -0.353. The molecule has 2 atom stereocenters. The second-order valence-electron chi connectivity index (χ2n) is 4.78. The van der Waals surface area contributed by atoms with E-state index in [1.54, 1.807) is 0 Å². The molecule has 0 aliphatic carbocycles. The van der Waals surface area contributed by atoms with E-state index in [4.69, 9.17) is 9.78 Å². The molecular formula is C12H28N2O2. The van der Waals surface area contributed by atoms with Crippen LogP contribution in [0, 0.1) is 0 Å². The van der Waals surface area contributed by atoms with E-state index in [2.05, 4.69) is 23.6 Å². The monoisotopic (exact) mass is 232 g/mol. The van der Waals surface area contributed by atoms with Crippen molar-refractivity contribution in [1.29, 1.82) is 0 Å². The molecule has 0 rings (SSSR count). The molecule has 0 aliphatic heterocycles. The summed E-state index contributed by atoms with van der Waals surface area (Å²) in [4.78, 5) is 15.2. The van der Waals surface area contributed by atoms with Crippen LogP contribution < -0.4 is 0 Å². The van der Waals surface area contributed by atoms with E-state index in [-0.39, 0.29) is 12.2 Å². The third kappa shape index (κ3) is 8.05. The van der Waals surface area contributed by atoms with Crippen molar-refractivity contribution in [3.05, 3.63) is 0 Å². The average molecular weight is 232 g/mol. The van der Waals surface area contributed by atoms with Crippen LogP contribution in [0.4, 0.5) is 0 Å². The molecule has 0 bridgehead atoms. The summed E-state index contributed by atoms with van der Waals surface area (Å²) in [6.45, 7) is 6.03. The van der Waals surface area contributed by atoms with Crippen LogP contribution in [0.25, 0.3) is 0 Å². The highest BCUT2D eigenvalue weighted by atomic mass is 17.2. The third-order valence-electron chi connectivity index (χ3n) is 2.38. The molecule has 0 saturated heterocycles. The zero-order valence-corrected chi connectivity index (χ0v) is 11.7. The molecule has 2 unspecified atom stereocenters. The van der Waals surface area contributed by atoms with Crippen molar-refractivity contribution in [2.45, 2.75) is 38.9 Å². The standard InChI is InChI=1S/C12H28N2O2/c1-7-11(9-13(3)4)15-16-12(8-2)10-14(5)6/h11-12H,7-10H2,1-6H3. The maximum Gasteiger partial charge on any atom is 0.105 e. The van der Waals surface area contributed by atoms with E-state index >= 15 is 0 Å². The SMILES string of the molecule is CCC(CN(C)C)OOC(CC)CN(C)C. The lowest BCUT2D eigenvalue weighted by Crippen LogP contribution is -2.33. The first-order chi connectivity index (χ1) is 7.49. The average Bonchev–Trinajstić information content (AvgIpc) is 2.20. The Morgan fingerprint density at radius 3 is 1.25 bits per heavy atom. The van der Waals surface area contributed by atoms with Crippen molar-refractivity contribution >= 4 is 0 Å². The molecule has 0 fully saturated rings. The predicted octanol–water partition coefficient (Wildman–Crippen LogP) is 1.62. The first-order valence-electron chi connectivity index (χ1n) is 6.11. The lowest BCUT2D eigenvalue weighted by Gasteiger charge is -2.23. The highest BCUT2D eigenvalue weighted by Crippen LogP contribution is 2.06. The molecule has 98 valence electrons. The topological polar surface area (TPSA) is 24.9 Å². The van der Waals surface area contributed by atoms with Crippen molar-refractivity contribution in [2.24, 2.45) is 0 Å². The molecule has 0 aromatic heterocycles. The number of hydrogen-bond donors (Lipinski definition) is 0. The highest BCUT2D eigenvalue weighted by Gasteiger charge is 2.14. The second-order valence-corrected chi connectivity index (χ2v) is 4.78. The molecule has 16 heavy (non-hydrogen) atoms. The molecule has 0 saturated carbocycles. The molecule has 0 spiro atoms. The van der Waals surface area contributed by atoms with E-state index < -0.39 is 0 Å². The second kappa shape index (κ2) is 8.93. The van der Waals surface area contributed by atoms with Gasteiger partial charge in [0.05, 0.1) is 0 Å². The van der Waals surface area contributed by atoms with E-state index in [1.165, 1.54) is 0 Å². The van der Waals surface area contributed by atoms with Crippen LogP contribution in [0.3, 0.4) is 0 Å². The van der Waals surface area contributed by atoms with Crippen LogP contribution in [0.15, 0.2) is 0 Å². The zero-order valence-electron chi connectivity index (χ0n) is 11.7. The van der Waals surface area contributed by atoms with Gasteiger partial charge < -0.3 is 9.80 Å². The van der Waals surface area contributed by atoms with Crippen molar-refractivity contribution in [1.82, 2.24) is 9.80 Å². The molecule has 0 radical (unpaired) electrons. The van der Waals surface area contributed by atoms with Crippen LogP contribution in [-0.2, 0) is 9.78 Å². The van der Waals surface area contributed by atoms with Gasteiger partial charge in [0.15, 0.2) is 0 Å². The molecule has 0 heterocycles. The largest absolute Gasteiger partial charge is 0.307 e. The van der Waals surface area contributed by atoms with Gasteiger partial charge in [0.1, 0.15) is 12.2 Å². The molecule has 0 aliphatic rings. The highest BCUT2D eigenvalue weighted by molar-refractivity contribution is 4.59. The first-order valence-corrected chi connectivity index (χ1v) is 6.11. The summed E-state index contributed by atoms with van der Waals surface area (Å²) in [6.07, 6.45) is 2.25. The van der Waals surface area contributed by atoms with Gasteiger partial charge in [-0.15, -0.1) is 0 Å². The van der Waals surface area contributed by atoms with Gasteiger partial charge in [-0.25, -0.2) is 9.78 Å². The fourth-order valence-electron chi connectivity index (χ4n) is 1.43. The van der Waals surface area contributed by atoms with E-state index in [1.807, 2.05) is 28.2 Å².